The SMILES string of the molecule is C1CC2CCC12.CCC(=O)C1CCNCC1. The van der Waals surface area contributed by atoms with Crippen molar-refractivity contribution in [2.75, 3.05) is 13.1 Å². The minimum Gasteiger partial charge on any atom is -0.317 e. The number of ketones is 1. The average Bonchev–Trinajstić information content (AvgIpc) is 2.34. The maximum absolute atomic E-state index is 11.1. The molecular formula is C14H25NO. The molecule has 0 aromatic carbocycles. The molecule has 3 rings (SSSR count). The highest BCUT2D eigenvalue weighted by Crippen LogP contribution is 2.49. The molecule has 16 heavy (non-hydrogen) atoms. The minimum absolute atomic E-state index is 0.367. The fraction of sp³-hybridized carbons (Fsp3) is 0.929. The number of piperidine rings is 1. The summed E-state index contributed by atoms with van der Waals surface area (Å²) in [6.07, 6.45) is 9.05. The topological polar surface area (TPSA) is 29.1 Å². The van der Waals surface area contributed by atoms with Gasteiger partial charge in [-0.1, -0.05) is 6.92 Å². The van der Waals surface area contributed by atoms with Crippen molar-refractivity contribution in [3.05, 3.63) is 0 Å². The fourth-order valence-corrected chi connectivity index (χ4v) is 3.00. The predicted molar refractivity (Wildman–Crippen MR) is 66.3 cm³/mol. The summed E-state index contributed by atoms with van der Waals surface area (Å²) >= 11 is 0. The molecule has 2 aliphatic carbocycles. The van der Waals surface area contributed by atoms with Crippen molar-refractivity contribution in [3.63, 3.8) is 0 Å². The van der Waals surface area contributed by atoms with E-state index in [2.05, 4.69) is 5.32 Å². The van der Waals surface area contributed by atoms with Crippen molar-refractivity contribution in [2.24, 2.45) is 17.8 Å². The first-order chi connectivity index (χ1) is 7.81. The lowest BCUT2D eigenvalue weighted by Gasteiger charge is -2.46. The first-order valence-corrected chi connectivity index (χ1v) is 7.04. The summed E-state index contributed by atoms with van der Waals surface area (Å²) < 4.78 is 0. The Morgan fingerprint density at radius 3 is 1.81 bits per heavy atom. The van der Waals surface area contributed by atoms with Crippen LogP contribution in [-0.4, -0.2) is 18.9 Å². The van der Waals surface area contributed by atoms with Gasteiger partial charge < -0.3 is 5.32 Å². The van der Waals surface area contributed by atoms with E-state index in [0.29, 0.717) is 18.1 Å². The van der Waals surface area contributed by atoms with E-state index in [0.717, 1.165) is 25.9 Å². The summed E-state index contributed by atoms with van der Waals surface area (Å²) in [4.78, 5) is 11.1. The van der Waals surface area contributed by atoms with Crippen LogP contribution in [0.5, 0.6) is 0 Å². The highest BCUT2D eigenvalue weighted by atomic mass is 16.1. The van der Waals surface area contributed by atoms with Gasteiger partial charge in [0.15, 0.2) is 0 Å². The second-order valence-corrected chi connectivity index (χ2v) is 5.52. The molecule has 0 aromatic rings. The minimum atomic E-state index is 0.367. The highest BCUT2D eigenvalue weighted by molar-refractivity contribution is 5.80. The Bertz CT molecular complexity index is 215. The largest absolute Gasteiger partial charge is 0.317 e. The Hall–Kier alpha value is -0.370. The number of Topliss-reactive ketones (excluding diaryl/α,β-unsaturated/α-hetero) is 1. The molecule has 0 aromatic heterocycles. The first-order valence-electron chi connectivity index (χ1n) is 7.04. The molecule has 2 nitrogen and oxygen atoms in total. The Balaban J connectivity index is 0.000000134. The smallest absolute Gasteiger partial charge is 0.135 e. The number of hydrogen-bond donors (Lipinski definition) is 1. The maximum Gasteiger partial charge on any atom is 0.135 e. The van der Waals surface area contributed by atoms with Gasteiger partial charge in [0.1, 0.15) is 5.78 Å². The number of rotatable bonds is 2. The molecule has 1 heterocycles. The summed E-state index contributed by atoms with van der Waals surface area (Å²) in [5, 5.41) is 3.24. The molecule has 3 fully saturated rings. The average molecular weight is 223 g/mol. The summed E-state index contributed by atoms with van der Waals surface area (Å²) in [5.41, 5.74) is 0. The number of fused-ring (bicyclic) bond motifs is 1. The van der Waals surface area contributed by atoms with Crippen LogP contribution < -0.4 is 5.32 Å². The third kappa shape index (κ3) is 2.85. The summed E-state index contributed by atoms with van der Waals surface area (Å²) in [6.45, 7) is 4.00. The molecule has 0 unspecified atom stereocenters. The Labute approximate surface area is 99.2 Å². The van der Waals surface area contributed by atoms with Crippen molar-refractivity contribution >= 4 is 5.78 Å². The zero-order chi connectivity index (χ0) is 11.4. The Morgan fingerprint density at radius 2 is 1.50 bits per heavy atom. The second kappa shape index (κ2) is 5.81. The summed E-state index contributed by atoms with van der Waals surface area (Å²) in [6, 6.07) is 0. The fourth-order valence-electron chi connectivity index (χ4n) is 3.00. The maximum atomic E-state index is 11.1. The third-order valence-corrected chi connectivity index (χ3v) is 4.63. The van der Waals surface area contributed by atoms with Gasteiger partial charge in [-0.2, -0.15) is 0 Å². The molecule has 3 aliphatic rings. The normalized spacial score (nSPS) is 32.6. The van der Waals surface area contributed by atoms with Gasteiger partial charge in [-0.05, 0) is 63.5 Å². The van der Waals surface area contributed by atoms with Crippen LogP contribution in [0.4, 0.5) is 0 Å². The van der Waals surface area contributed by atoms with E-state index in [4.69, 9.17) is 0 Å². The molecule has 92 valence electrons. The van der Waals surface area contributed by atoms with Gasteiger partial charge in [-0.25, -0.2) is 0 Å². The van der Waals surface area contributed by atoms with Crippen LogP contribution in [0.15, 0.2) is 0 Å². The van der Waals surface area contributed by atoms with Crippen LogP contribution >= 0.6 is 0 Å². The number of carbonyl (C=O) groups excluding carboxylic acids is 1. The zero-order valence-corrected chi connectivity index (χ0v) is 10.5. The Kier molecular flexibility index (Phi) is 4.39. The first kappa shape index (κ1) is 12.1. The van der Waals surface area contributed by atoms with E-state index >= 15 is 0 Å². The zero-order valence-electron chi connectivity index (χ0n) is 10.5. The van der Waals surface area contributed by atoms with Crippen molar-refractivity contribution in [2.45, 2.75) is 51.9 Å². The number of nitrogens with one attached hydrogen (secondary N) is 1. The molecule has 2 saturated carbocycles. The third-order valence-electron chi connectivity index (χ3n) is 4.63. The van der Waals surface area contributed by atoms with E-state index in [-0.39, 0.29) is 0 Å². The molecule has 1 saturated heterocycles. The lowest BCUT2D eigenvalue weighted by molar-refractivity contribution is -0.123. The molecule has 1 N–H and O–H groups in total. The van der Waals surface area contributed by atoms with Gasteiger partial charge in [0.25, 0.3) is 0 Å². The van der Waals surface area contributed by atoms with Gasteiger partial charge >= 0.3 is 0 Å². The number of carbonyl (C=O) groups is 1. The standard InChI is InChI=1S/C8H15NO.C6H10/c1-2-8(10)7-3-5-9-6-4-7;1-2-6-4-3-5(1)6/h7,9H,2-6H2,1H3;5-6H,1-4H2. The predicted octanol–water partition coefficient (Wildman–Crippen LogP) is 2.77. The monoisotopic (exact) mass is 223 g/mol. The quantitative estimate of drug-likeness (QED) is 0.780. The van der Waals surface area contributed by atoms with Crippen molar-refractivity contribution in [1.82, 2.24) is 5.32 Å². The van der Waals surface area contributed by atoms with Crippen LogP contribution in [0.3, 0.4) is 0 Å². The molecule has 0 radical (unpaired) electrons. The van der Waals surface area contributed by atoms with Crippen LogP contribution in [0, 0.1) is 17.8 Å². The highest BCUT2D eigenvalue weighted by Gasteiger charge is 2.37. The molecule has 0 amide bonds. The van der Waals surface area contributed by atoms with E-state index in [1.165, 1.54) is 11.8 Å². The van der Waals surface area contributed by atoms with Crippen LogP contribution in [0.25, 0.3) is 0 Å². The van der Waals surface area contributed by atoms with E-state index < -0.39 is 0 Å². The van der Waals surface area contributed by atoms with Crippen molar-refractivity contribution in [3.8, 4) is 0 Å². The van der Waals surface area contributed by atoms with Crippen LogP contribution in [-0.2, 0) is 4.79 Å². The Morgan fingerprint density at radius 1 is 1.00 bits per heavy atom. The van der Waals surface area contributed by atoms with E-state index in [9.17, 15) is 4.79 Å². The van der Waals surface area contributed by atoms with E-state index in [1.54, 1.807) is 25.7 Å². The van der Waals surface area contributed by atoms with Crippen LogP contribution in [0.2, 0.25) is 0 Å². The van der Waals surface area contributed by atoms with Crippen molar-refractivity contribution < 1.29 is 4.79 Å². The van der Waals surface area contributed by atoms with Gasteiger partial charge in [-0.3, -0.25) is 4.79 Å². The van der Waals surface area contributed by atoms with Gasteiger partial charge in [-0.15, -0.1) is 0 Å². The van der Waals surface area contributed by atoms with Crippen molar-refractivity contribution in [1.29, 1.82) is 0 Å². The van der Waals surface area contributed by atoms with Crippen LogP contribution in [0.1, 0.15) is 51.9 Å². The second-order valence-electron chi connectivity index (χ2n) is 5.52. The van der Waals surface area contributed by atoms with Gasteiger partial charge in [0.2, 0.25) is 0 Å². The molecular weight excluding hydrogens is 198 g/mol. The number of hydrogen-bond acceptors (Lipinski definition) is 2. The lowest BCUT2D eigenvalue weighted by Crippen LogP contribution is -2.34. The molecule has 0 bridgehead atoms. The van der Waals surface area contributed by atoms with E-state index in [1.807, 2.05) is 6.92 Å². The molecule has 0 spiro atoms. The lowest BCUT2D eigenvalue weighted by atomic mass is 9.60. The van der Waals surface area contributed by atoms with Gasteiger partial charge in [0.05, 0.1) is 0 Å². The summed E-state index contributed by atoms with van der Waals surface area (Å²) in [5.74, 6) is 3.24. The molecule has 2 heteroatoms. The molecule has 1 aliphatic heterocycles. The van der Waals surface area contributed by atoms with Gasteiger partial charge in [0, 0.05) is 12.3 Å². The summed E-state index contributed by atoms with van der Waals surface area (Å²) in [7, 11) is 0. The molecule has 0 atom stereocenters.